The molecule has 1 atom stereocenters. The van der Waals surface area contributed by atoms with Crippen molar-refractivity contribution in [1.82, 2.24) is 0 Å². The van der Waals surface area contributed by atoms with Crippen LogP contribution in [-0.2, 0) is 0 Å². The zero-order valence-corrected chi connectivity index (χ0v) is 15.7. The highest BCUT2D eigenvalue weighted by molar-refractivity contribution is 14.1. The Morgan fingerprint density at radius 1 is 0.579 bits per heavy atom. The quantitative estimate of drug-likeness (QED) is 0.156. The molecule has 0 aromatic rings. The monoisotopic (exact) mass is 380 g/mol. The van der Waals surface area contributed by atoms with E-state index in [1.165, 1.54) is 94.3 Å². The van der Waals surface area contributed by atoms with E-state index in [0.29, 0.717) is 0 Å². The van der Waals surface area contributed by atoms with Gasteiger partial charge in [-0.15, -0.1) is 0 Å². The number of hydrogen-bond donors (Lipinski definition) is 0. The Balaban J connectivity index is 3.58. The first-order valence-electron chi connectivity index (χ1n) is 8.91. The molecule has 0 nitrogen and oxygen atoms in total. The first-order chi connectivity index (χ1) is 9.35. The molecule has 0 N–H and O–H groups in total. The lowest BCUT2D eigenvalue weighted by molar-refractivity contribution is 0.374. The van der Waals surface area contributed by atoms with Crippen LogP contribution in [0.4, 0.5) is 0 Å². The molecule has 0 aromatic carbocycles. The second-order valence-corrected chi connectivity index (χ2v) is 7.18. The van der Waals surface area contributed by atoms with Crippen LogP contribution in [0, 0.1) is 5.92 Å². The van der Waals surface area contributed by atoms with Crippen LogP contribution in [-0.4, -0.2) is 4.43 Å². The number of rotatable bonds is 15. The Morgan fingerprint density at radius 3 is 1.58 bits per heavy atom. The van der Waals surface area contributed by atoms with Crippen molar-refractivity contribution in [3.05, 3.63) is 0 Å². The molecule has 0 aliphatic heterocycles. The molecule has 19 heavy (non-hydrogen) atoms. The van der Waals surface area contributed by atoms with Crippen LogP contribution in [0.2, 0.25) is 0 Å². The van der Waals surface area contributed by atoms with E-state index in [2.05, 4.69) is 36.4 Å². The Labute approximate surface area is 136 Å². The van der Waals surface area contributed by atoms with Gasteiger partial charge < -0.3 is 0 Å². The highest BCUT2D eigenvalue weighted by Crippen LogP contribution is 2.23. The summed E-state index contributed by atoms with van der Waals surface area (Å²) in [4.78, 5) is 0. The third-order valence-electron chi connectivity index (χ3n) is 4.18. The summed E-state index contributed by atoms with van der Waals surface area (Å²) in [7, 11) is 0. The summed E-state index contributed by atoms with van der Waals surface area (Å²) in [6.45, 7) is 4.62. The van der Waals surface area contributed by atoms with Gasteiger partial charge >= 0.3 is 0 Å². The summed E-state index contributed by atoms with van der Waals surface area (Å²) in [5, 5.41) is 0. The van der Waals surface area contributed by atoms with E-state index >= 15 is 0 Å². The molecule has 0 aromatic heterocycles. The van der Waals surface area contributed by atoms with Gasteiger partial charge in [0, 0.05) is 0 Å². The lowest BCUT2D eigenvalue weighted by Crippen LogP contribution is -2.01. The van der Waals surface area contributed by atoms with E-state index in [-0.39, 0.29) is 0 Å². The van der Waals surface area contributed by atoms with E-state index < -0.39 is 0 Å². The topological polar surface area (TPSA) is 0 Å². The SMILES string of the molecule is CCCCCCCCC(CCCCC)CCCCI. The van der Waals surface area contributed by atoms with Crippen LogP contribution in [0.3, 0.4) is 0 Å². The van der Waals surface area contributed by atoms with Crippen molar-refractivity contribution in [2.24, 2.45) is 5.92 Å². The van der Waals surface area contributed by atoms with Gasteiger partial charge in [-0.1, -0.05) is 120 Å². The first kappa shape index (κ1) is 19.7. The fourth-order valence-corrected chi connectivity index (χ4v) is 3.40. The minimum Gasteiger partial charge on any atom is -0.0864 e. The van der Waals surface area contributed by atoms with Gasteiger partial charge in [0.05, 0.1) is 0 Å². The van der Waals surface area contributed by atoms with Gasteiger partial charge in [-0.2, -0.15) is 0 Å². The molecule has 0 radical (unpaired) electrons. The average Bonchev–Trinajstić information content (AvgIpc) is 2.42. The highest BCUT2D eigenvalue weighted by atomic mass is 127. The molecular formula is C18H37I. The standard InChI is InChI=1S/C18H37I/c1-3-5-7-8-9-11-15-18(14-10-6-4-2)16-12-13-17-19/h18H,3-17H2,1-2H3. The van der Waals surface area contributed by atoms with Crippen molar-refractivity contribution in [3.63, 3.8) is 0 Å². The van der Waals surface area contributed by atoms with Gasteiger partial charge in [-0.25, -0.2) is 0 Å². The maximum atomic E-state index is 2.52. The molecule has 0 bridgehead atoms. The normalized spacial score (nSPS) is 12.8. The number of alkyl halides is 1. The van der Waals surface area contributed by atoms with Crippen molar-refractivity contribution in [2.75, 3.05) is 4.43 Å². The zero-order valence-electron chi connectivity index (χ0n) is 13.6. The molecule has 116 valence electrons. The Hall–Kier alpha value is 0.730. The van der Waals surface area contributed by atoms with Crippen LogP contribution in [0.1, 0.15) is 104 Å². The van der Waals surface area contributed by atoms with E-state index in [1.807, 2.05) is 0 Å². The molecule has 0 aliphatic rings. The molecule has 0 amide bonds. The molecule has 1 unspecified atom stereocenters. The van der Waals surface area contributed by atoms with Crippen LogP contribution in [0.25, 0.3) is 0 Å². The molecule has 1 heteroatoms. The Bertz CT molecular complexity index is 146. The molecular weight excluding hydrogens is 343 g/mol. The van der Waals surface area contributed by atoms with E-state index in [9.17, 15) is 0 Å². The zero-order chi connectivity index (χ0) is 14.2. The predicted octanol–water partition coefficient (Wildman–Crippen LogP) is 7.54. The van der Waals surface area contributed by atoms with Crippen LogP contribution in [0.5, 0.6) is 0 Å². The molecule has 0 spiro atoms. The Morgan fingerprint density at radius 2 is 1.00 bits per heavy atom. The van der Waals surface area contributed by atoms with Gasteiger partial charge in [-0.05, 0) is 16.8 Å². The molecule has 0 rings (SSSR count). The minimum atomic E-state index is 1.04. The van der Waals surface area contributed by atoms with Crippen molar-refractivity contribution < 1.29 is 0 Å². The van der Waals surface area contributed by atoms with Gasteiger partial charge in [0.15, 0.2) is 0 Å². The molecule has 0 saturated carbocycles. The maximum Gasteiger partial charge on any atom is -0.000473 e. The highest BCUT2D eigenvalue weighted by Gasteiger charge is 2.08. The largest absolute Gasteiger partial charge is 0.0864 e. The lowest BCUT2D eigenvalue weighted by atomic mass is 9.90. The van der Waals surface area contributed by atoms with Crippen molar-refractivity contribution in [1.29, 1.82) is 0 Å². The van der Waals surface area contributed by atoms with Gasteiger partial charge in [0.2, 0.25) is 0 Å². The number of unbranched alkanes of at least 4 members (excludes halogenated alkanes) is 8. The van der Waals surface area contributed by atoms with Crippen LogP contribution in [0.15, 0.2) is 0 Å². The molecule has 0 saturated heterocycles. The van der Waals surface area contributed by atoms with Crippen LogP contribution < -0.4 is 0 Å². The summed E-state index contributed by atoms with van der Waals surface area (Å²) in [6, 6.07) is 0. The van der Waals surface area contributed by atoms with E-state index in [1.54, 1.807) is 0 Å². The molecule has 0 aliphatic carbocycles. The fourth-order valence-electron chi connectivity index (χ4n) is 2.86. The van der Waals surface area contributed by atoms with Gasteiger partial charge in [0.25, 0.3) is 0 Å². The summed E-state index contributed by atoms with van der Waals surface area (Å²) < 4.78 is 1.34. The minimum absolute atomic E-state index is 1.04. The molecule has 0 heterocycles. The smallest absolute Gasteiger partial charge is 0.000473 e. The maximum absolute atomic E-state index is 2.52. The second kappa shape index (κ2) is 16.8. The van der Waals surface area contributed by atoms with Crippen LogP contribution >= 0.6 is 22.6 Å². The van der Waals surface area contributed by atoms with Gasteiger partial charge in [0.1, 0.15) is 0 Å². The van der Waals surface area contributed by atoms with Gasteiger partial charge in [-0.3, -0.25) is 0 Å². The Kier molecular flexibility index (Phi) is 17.4. The van der Waals surface area contributed by atoms with E-state index in [4.69, 9.17) is 0 Å². The van der Waals surface area contributed by atoms with Crippen molar-refractivity contribution in [2.45, 2.75) is 104 Å². The predicted molar refractivity (Wildman–Crippen MR) is 98.4 cm³/mol. The molecule has 0 fully saturated rings. The second-order valence-electron chi connectivity index (χ2n) is 6.10. The lowest BCUT2D eigenvalue weighted by Gasteiger charge is -2.16. The third kappa shape index (κ3) is 14.9. The summed E-state index contributed by atoms with van der Waals surface area (Å²) in [5.74, 6) is 1.04. The third-order valence-corrected chi connectivity index (χ3v) is 4.94. The van der Waals surface area contributed by atoms with Crippen molar-refractivity contribution >= 4 is 22.6 Å². The van der Waals surface area contributed by atoms with E-state index in [0.717, 1.165) is 5.92 Å². The number of hydrogen-bond acceptors (Lipinski definition) is 0. The summed E-state index contributed by atoms with van der Waals surface area (Å²) in [5.41, 5.74) is 0. The summed E-state index contributed by atoms with van der Waals surface area (Å²) in [6.07, 6.45) is 20.4. The average molecular weight is 380 g/mol. The number of halogens is 1. The summed E-state index contributed by atoms with van der Waals surface area (Å²) >= 11 is 2.52. The first-order valence-corrected chi connectivity index (χ1v) is 10.4. The fraction of sp³-hybridized carbons (Fsp3) is 1.00. The van der Waals surface area contributed by atoms with Crippen molar-refractivity contribution in [3.8, 4) is 0 Å².